The van der Waals surface area contributed by atoms with Crippen molar-refractivity contribution in [3.8, 4) is 0 Å². The average molecular weight is 192 g/mol. The Morgan fingerprint density at radius 1 is 1.43 bits per heavy atom. The van der Waals surface area contributed by atoms with Crippen LogP contribution in [0.2, 0.25) is 0 Å². The van der Waals surface area contributed by atoms with Gasteiger partial charge in [-0.25, -0.2) is 4.79 Å². The zero-order chi connectivity index (χ0) is 9.97. The molecule has 0 fully saturated rings. The highest BCUT2D eigenvalue weighted by molar-refractivity contribution is 5.66. The first kappa shape index (κ1) is 8.87. The molecule has 2 rings (SSSR count). The predicted octanol–water partition coefficient (Wildman–Crippen LogP) is 1.59. The molecule has 4 nitrogen and oxygen atoms in total. The maximum Gasteiger partial charge on any atom is 0.407 e. The van der Waals surface area contributed by atoms with Crippen molar-refractivity contribution in [1.29, 1.82) is 0 Å². The quantitative estimate of drug-likeness (QED) is 0.656. The Hall–Kier alpha value is -1.71. The van der Waals surface area contributed by atoms with Gasteiger partial charge in [-0.2, -0.15) is 0 Å². The number of carboxylic acid groups (broad SMARTS) is 1. The maximum absolute atomic E-state index is 10.8. The van der Waals surface area contributed by atoms with E-state index < -0.39 is 6.09 Å². The van der Waals surface area contributed by atoms with E-state index in [4.69, 9.17) is 5.11 Å². The molecule has 2 N–H and O–H groups in total. The molecule has 1 aliphatic heterocycles. The number of hydrogen-bond donors (Lipinski definition) is 2. The molecule has 1 aliphatic rings. The molecule has 0 saturated heterocycles. The summed E-state index contributed by atoms with van der Waals surface area (Å²) in [4.78, 5) is 12.2. The zero-order valence-corrected chi connectivity index (χ0v) is 7.73. The van der Waals surface area contributed by atoms with Gasteiger partial charge in [0.05, 0.1) is 6.54 Å². The standard InChI is InChI=1S/C10H12N2O2/c13-10(14)12-6-5-11-9-4-2-1-3-8(9)7-12/h1-4,11H,5-7H2,(H,13,14). The highest BCUT2D eigenvalue weighted by Gasteiger charge is 2.16. The van der Waals surface area contributed by atoms with Crippen LogP contribution >= 0.6 is 0 Å². The summed E-state index contributed by atoms with van der Waals surface area (Å²) in [5.74, 6) is 0. The van der Waals surface area contributed by atoms with Crippen LogP contribution in [0.1, 0.15) is 5.56 Å². The molecule has 1 amide bonds. The molecule has 1 heterocycles. The van der Waals surface area contributed by atoms with Gasteiger partial charge >= 0.3 is 6.09 Å². The zero-order valence-electron chi connectivity index (χ0n) is 7.73. The third-order valence-corrected chi connectivity index (χ3v) is 2.35. The Bertz CT molecular complexity index is 352. The van der Waals surface area contributed by atoms with Crippen molar-refractivity contribution in [2.24, 2.45) is 0 Å². The Kier molecular flexibility index (Phi) is 2.26. The van der Waals surface area contributed by atoms with Gasteiger partial charge < -0.3 is 15.3 Å². The van der Waals surface area contributed by atoms with Crippen molar-refractivity contribution < 1.29 is 9.90 Å². The molecular weight excluding hydrogens is 180 g/mol. The number of fused-ring (bicyclic) bond motifs is 1. The molecule has 74 valence electrons. The number of para-hydroxylation sites is 1. The topological polar surface area (TPSA) is 52.6 Å². The van der Waals surface area contributed by atoms with Crippen LogP contribution < -0.4 is 5.32 Å². The van der Waals surface area contributed by atoms with Gasteiger partial charge in [0.1, 0.15) is 0 Å². The molecule has 0 aliphatic carbocycles. The lowest BCUT2D eigenvalue weighted by atomic mass is 10.2. The SMILES string of the molecule is O=C(O)N1CCNc2ccccc2C1. The number of anilines is 1. The van der Waals surface area contributed by atoms with Crippen LogP contribution in [0.25, 0.3) is 0 Å². The molecule has 0 aromatic heterocycles. The van der Waals surface area contributed by atoms with Gasteiger partial charge in [0.15, 0.2) is 0 Å². The maximum atomic E-state index is 10.8. The number of amides is 1. The van der Waals surface area contributed by atoms with E-state index in [1.54, 1.807) is 0 Å². The van der Waals surface area contributed by atoms with E-state index in [9.17, 15) is 4.79 Å². The van der Waals surface area contributed by atoms with Crippen LogP contribution in [-0.4, -0.2) is 29.2 Å². The number of benzene rings is 1. The first-order valence-electron chi connectivity index (χ1n) is 4.57. The highest BCUT2D eigenvalue weighted by Crippen LogP contribution is 2.19. The first-order valence-corrected chi connectivity index (χ1v) is 4.57. The highest BCUT2D eigenvalue weighted by atomic mass is 16.4. The van der Waals surface area contributed by atoms with E-state index in [0.717, 1.165) is 11.3 Å². The Morgan fingerprint density at radius 3 is 3.00 bits per heavy atom. The molecule has 4 heteroatoms. The van der Waals surface area contributed by atoms with Crippen molar-refractivity contribution >= 4 is 11.8 Å². The van der Waals surface area contributed by atoms with E-state index in [1.165, 1.54) is 4.90 Å². The lowest BCUT2D eigenvalue weighted by Gasteiger charge is -2.15. The van der Waals surface area contributed by atoms with Crippen LogP contribution in [-0.2, 0) is 6.54 Å². The number of hydrogen-bond acceptors (Lipinski definition) is 2. The number of nitrogens with zero attached hydrogens (tertiary/aromatic N) is 1. The molecule has 0 saturated carbocycles. The van der Waals surface area contributed by atoms with Crippen molar-refractivity contribution in [2.45, 2.75) is 6.54 Å². The Labute approximate surface area is 82.2 Å². The second kappa shape index (κ2) is 3.57. The van der Waals surface area contributed by atoms with Gasteiger partial charge in [0.2, 0.25) is 0 Å². The summed E-state index contributed by atoms with van der Waals surface area (Å²) in [6.45, 7) is 1.67. The van der Waals surface area contributed by atoms with Gasteiger partial charge in [0, 0.05) is 18.8 Å². The fraction of sp³-hybridized carbons (Fsp3) is 0.300. The largest absolute Gasteiger partial charge is 0.465 e. The Balaban J connectivity index is 2.26. The van der Waals surface area contributed by atoms with Gasteiger partial charge in [-0.1, -0.05) is 18.2 Å². The summed E-state index contributed by atoms with van der Waals surface area (Å²) in [6.07, 6.45) is -0.858. The van der Waals surface area contributed by atoms with Crippen LogP contribution in [0, 0.1) is 0 Å². The molecule has 14 heavy (non-hydrogen) atoms. The normalized spacial score (nSPS) is 15.3. The van der Waals surface area contributed by atoms with Gasteiger partial charge in [-0.15, -0.1) is 0 Å². The van der Waals surface area contributed by atoms with Crippen molar-refractivity contribution in [3.05, 3.63) is 29.8 Å². The van der Waals surface area contributed by atoms with Crippen molar-refractivity contribution in [2.75, 3.05) is 18.4 Å². The summed E-state index contributed by atoms with van der Waals surface area (Å²) in [7, 11) is 0. The molecule has 1 aromatic rings. The van der Waals surface area contributed by atoms with Crippen molar-refractivity contribution in [3.63, 3.8) is 0 Å². The summed E-state index contributed by atoms with van der Waals surface area (Å²) in [5, 5.41) is 12.1. The van der Waals surface area contributed by atoms with E-state index in [2.05, 4.69) is 5.32 Å². The molecule has 1 aromatic carbocycles. The van der Waals surface area contributed by atoms with Crippen LogP contribution in [0.5, 0.6) is 0 Å². The summed E-state index contributed by atoms with van der Waals surface area (Å²) >= 11 is 0. The lowest BCUT2D eigenvalue weighted by Crippen LogP contribution is -2.31. The van der Waals surface area contributed by atoms with Crippen LogP contribution in [0.3, 0.4) is 0 Å². The molecule has 0 atom stereocenters. The van der Waals surface area contributed by atoms with E-state index in [1.807, 2.05) is 24.3 Å². The minimum Gasteiger partial charge on any atom is -0.465 e. The fourth-order valence-electron chi connectivity index (χ4n) is 1.60. The first-order chi connectivity index (χ1) is 6.77. The smallest absolute Gasteiger partial charge is 0.407 e. The van der Waals surface area contributed by atoms with Crippen molar-refractivity contribution in [1.82, 2.24) is 4.90 Å². The fourth-order valence-corrected chi connectivity index (χ4v) is 1.60. The number of nitrogens with one attached hydrogen (secondary N) is 1. The summed E-state index contributed by atoms with van der Waals surface area (Å²) in [5.41, 5.74) is 2.07. The van der Waals surface area contributed by atoms with Gasteiger partial charge in [-0.05, 0) is 11.6 Å². The van der Waals surface area contributed by atoms with Crippen LogP contribution in [0.4, 0.5) is 10.5 Å². The summed E-state index contributed by atoms with van der Waals surface area (Å²) < 4.78 is 0. The average Bonchev–Trinajstić information content (AvgIpc) is 2.39. The van der Waals surface area contributed by atoms with E-state index in [-0.39, 0.29) is 0 Å². The summed E-state index contributed by atoms with van der Waals surface area (Å²) in [6, 6.07) is 7.79. The molecule has 0 spiro atoms. The van der Waals surface area contributed by atoms with Gasteiger partial charge in [0.25, 0.3) is 0 Å². The second-order valence-corrected chi connectivity index (χ2v) is 3.29. The van der Waals surface area contributed by atoms with Gasteiger partial charge in [-0.3, -0.25) is 0 Å². The Morgan fingerprint density at radius 2 is 2.21 bits per heavy atom. The minimum absolute atomic E-state index is 0.471. The van der Waals surface area contributed by atoms with E-state index >= 15 is 0 Å². The monoisotopic (exact) mass is 192 g/mol. The number of rotatable bonds is 0. The molecular formula is C10H12N2O2. The lowest BCUT2D eigenvalue weighted by molar-refractivity contribution is 0.145. The number of carbonyl (C=O) groups is 1. The molecule has 0 radical (unpaired) electrons. The third kappa shape index (κ3) is 1.64. The third-order valence-electron chi connectivity index (χ3n) is 2.35. The van der Waals surface area contributed by atoms with Crippen LogP contribution in [0.15, 0.2) is 24.3 Å². The minimum atomic E-state index is -0.858. The molecule has 0 unspecified atom stereocenters. The second-order valence-electron chi connectivity index (χ2n) is 3.29. The van der Waals surface area contributed by atoms with E-state index in [0.29, 0.717) is 19.6 Å². The molecule has 0 bridgehead atoms. The predicted molar refractivity (Wildman–Crippen MR) is 53.4 cm³/mol.